The second-order valence-electron chi connectivity index (χ2n) is 6.35. The van der Waals surface area contributed by atoms with E-state index in [2.05, 4.69) is 5.32 Å². The van der Waals surface area contributed by atoms with Crippen molar-refractivity contribution in [1.82, 2.24) is 4.31 Å². The van der Waals surface area contributed by atoms with E-state index < -0.39 is 22.0 Å². The number of sulfonamides is 1. The Labute approximate surface area is 168 Å². The molecule has 150 valence electrons. The largest absolute Gasteiger partial charge is 0.462 e. The molecule has 0 spiro atoms. The molecule has 0 saturated carbocycles. The van der Waals surface area contributed by atoms with Gasteiger partial charge >= 0.3 is 5.97 Å². The molecule has 28 heavy (non-hydrogen) atoms. The first-order valence-corrected chi connectivity index (χ1v) is 11.4. The lowest BCUT2D eigenvalue weighted by atomic mass is 10.0. The van der Waals surface area contributed by atoms with E-state index in [1.807, 2.05) is 0 Å². The molecule has 1 aliphatic heterocycles. The summed E-state index contributed by atoms with van der Waals surface area (Å²) in [5.41, 5.74) is 0.886. The van der Waals surface area contributed by atoms with E-state index in [1.54, 1.807) is 48.7 Å². The van der Waals surface area contributed by atoms with Crippen LogP contribution in [0.25, 0.3) is 0 Å². The highest BCUT2D eigenvalue weighted by Gasteiger charge is 2.38. The van der Waals surface area contributed by atoms with Crippen molar-refractivity contribution in [2.45, 2.75) is 36.4 Å². The van der Waals surface area contributed by atoms with Gasteiger partial charge in [0.1, 0.15) is 10.3 Å². The minimum absolute atomic E-state index is 0.242. The number of carbonyl (C=O) groups is 2. The molecule has 1 saturated heterocycles. The number of thiophene rings is 1. The summed E-state index contributed by atoms with van der Waals surface area (Å²) >= 11 is 1.14. The quantitative estimate of drug-likeness (QED) is 0.722. The summed E-state index contributed by atoms with van der Waals surface area (Å²) in [4.78, 5) is 24.5. The van der Waals surface area contributed by atoms with Crippen molar-refractivity contribution in [3.05, 3.63) is 47.3 Å². The van der Waals surface area contributed by atoms with Crippen LogP contribution < -0.4 is 5.32 Å². The normalized spacial score (nSPS) is 17.8. The maximum absolute atomic E-state index is 12.9. The number of amides is 1. The van der Waals surface area contributed by atoms with Crippen LogP contribution in [-0.4, -0.2) is 43.8 Å². The molecule has 1 fully saturated rings. The highest BCUT2D eigenvalue weighted by Crippen LogP contribution is 2.28. The second-order valence-corrected chi connectivity index (χ2v) is 9.41. The van der Waals surface area contributed by atoms with E-state index in [-0.39, 0.29) is 16.7 Å². The summed E-state index contributed by atoms with van der Waals surface area (Å²) in [6.07, 6.45) is 1.98. The van der Waals surface area contributed by atoms with Crippen molar-refractivity contribution in [3.63, 3.8) is 0 Å². The zero-order chi connectivity index (χ0) is 20.1. The fourth-order valence-corrected chi connectivity index (χ4v) is 5.89. The number of hydrogen-bond acceptors (Lipinski definition) is 6. The average molecular weight is 423 g/mol. The molecule has 0 radical (unpaired) electrons. The van der Waals surface area contributed by atoms with E-state index in [0.717, 1.165) is 24.2 Å². The van der Waals surface area contributed by atoms with E-state index in [0.29, 0.717) is 24.2 Å². The molecule has 0 bridgehead atoms. The minimum atomic E-state index is -3.70. The maximum Gasteiger partial charge on any atom is 0.338 e. The van der Waals surface area contributed by atoms with E-state index >= 15 is 0 Å². The van der Waals surface area contributed by atoms with Gasteiger partial charge in [0.25, 0.3) is 10.0 Å². The monoisotopic (exact) mass is 422 g/mol. The molecule has 2 aromatic rings. The highest BCUT2D eigenvalue weighted by molar-refractivity contribution is 7.91. The number of nitrogens with one attached hydrogen (secondary N) is 1. The van der Waals surface area contributed by atoms with Gasteiger partial charge in [0.2, 0.25) is 5.91 Å². The molecule has 3 rings (SSSR count). The van der Waals surface area contributed by atoms with E-state index in [1.165, 1.54) is 4.31 Å². The third-order valence-corrected chi connectivity index (χ3v) is 7.76. The summed E-state index contributed by atoms with van der Waals surface area (Å²) in [6.45, 7) is 2.33. The van der Waals surface area contributed by atoms with Gasteiger partial charge < -0.3 is 10.1 Å². The fraction of sp³-hybridized carbons (Fsp3) is 0.368. The van der Waals surface area contributed by atoms with Crippen LogP contribution in [0.3, 0.4) is 0 Å². The number of hydrogen-bond donors (Lipinski definition) is 1. The summed E-state index contributed by atoms with van der Waals surface area (Å²) in [5, 5.41) is 4.47. The van der Waals surface area contributed by atoms with E-state index in [4.69, 9.17) is 4.74 Å². The number of benzene rings is 1. The molecule has 1 atom stereocenters. The van der Waals surface area contributed by atoms with Crippen LogP contribution in [0.15, 0.2) is 46.0 Å². The Kier molecular flexibility index (Phi) is 6.48. The number of rotatable bonds is 6. The van der Waals surface area contributed by atoms with Crippen molar-refractivity contribution < 1.29 is 22.7 Å². The number of esters is 1. The molecule has 7 nitrogen and oxygen atoms in total. The van der Waals surface area contributed by atoms with Crippen LogP contribution in [0, 0.1) is 0 Å². The summed E-state index contributed by atoms with van der Waals surface area (Å²) < 4.78 is 32.3. The molecule has 1 unspecified atom stereocenters. The molecule has 1 aromatic carbocycles. The standard InChI is InChI=1S/C19H22N2O5S2/c1-2-26-19(23)14-8-10-15(11-9-14)20-18(22)16-6-3-4-12-21(16)28(24,25)17-7-5-13-27-17/h5,7-11,13,16H,2-4,6,12H2,1H3,(H,20,22). The molecule has 1 aliphatic rings. The van der Waals surface area contributed by atoms with Crippen LogP contribution in [0.5, 0.6) is 0 Å². The van der Waals surface area contributed by atoms with Crippen molar-refractivity contribution in [3.8, 4) is 0 Å². The lowest BCUT2D eigenvalue weighted by molar-refractivity contribution is -0.120. The van der Waals surface area contributed by atoms with Crippen molar-refractivity contribution in [2.24, 2.45) is 0 Å². The van der Waals surface area contributed by atoms with Gasteiger partial charge in [-0.25, -0.2) is 13.2 Å². The molecule has 1 amide bonds. The van der Waals surface area contributed by atoms with Crippen LogP contribution in [0.2, 0.25) is 0 Å². The first-order valence-electron chi connectivity index (χ1n) is 9.07. The lowest BCUT2D eigenvalue weighted by Gasteiger charge is -2.33. The Morgan fingerprint density at radius 3 is 2.61 bits per heavy atom. The molecular formula is C19H22N2O5S2. The second kappa shape index (κ2) is 8.85. The van der Waals surface area contributed by atoms with Gasteiger partial charge in [0, 0.05) is 12.2 Å². The Balaban J connectivity index is 1.74. The predicted octanol–water partition coefficient (Wildman–Crippen LogP) is 3.11. The van der Waals surface area contributed by atoms with Crippen LogP contribution in [0.1, 0.15) is 36.5 Å². The predicted molar refractivity (Wildman–Crippen MR) is 107 cm³/mol. The number of nitrogens with zero attached hydrogens (tertiary/aromatic N) is 1. The number of ether oxygens (including phenoxy) is 1. The average Bonchev–Trinajstić information content (AvgIpc) is 3.24. The van der Waals surface area contributed by atoms with Gasteiger partial charge in [-0.05, 0) is 55.5 Å². The van der Waals surface area contributed by atoms with Gasteiger partial charge in [-0.3, -0.25) is 4.79 Å². The minimum Gasteiger partial charge on any atom is -0.462 e. The third kappa shape index (κ3) is 4.43. The number of piperidine rings is 1. The van der Waals surface area contributed by atoms with Gasteiger partial charge in [-0.1, -0.05) is 12.5 Å². The summed E-state index contributed by atoms with van der Waals surface area (Å²) in [7, 11) is -3.70. The van der Waals surface area contributed by atoms with Gasteiger partial charge in [0.15, 0.2) is 0 Å². The molecule has 1 aromatic heterocycles. The van der Waals surface area contributed by atoms with Crippen molar-refractivity contribution in [2.75, 3.05) is 18.5 Å². The van der Waals surface area contributed by atoms with Crippen LogP contribution >= 0.6 is 11.3 Å². The zero-order valence-electron chi connectivity index (χ0n) is 15.5. The van der Waals surface area contributed by atoms with E-state index in [9.17, 15) is 18.0 Å². The lowest BCUT2D eigenvalue weighted by Crippen LogP contribution is -2.49. The zero-order valence-corrected chi connectivity index (χ0v) is 17.1. The highest BCUT2D eigenvalue weighted by atomic mass is 32.2. The molecule has 9 heteroatoms. The Morgan fingerprint density at radius 2 is 1.96 bits per heavy atom. The van der Waals surface area contributed by atoms with Crippen LogP contribution in [-0.2, 0) is 19.6 Å². The first kappa shape index (κ1) is 20.5. The smallest absolute Gasteiger partial charge is 0.338 e. The Bertz CT molecular complexity index is 924. The Morgan fingerprint density at radius 1 is 1.21 bits per heavy atom. The van der Waals surface area contributed by atoms with Gasteiger partial charge in [-0.15, -0.1) is 11.3 Å². The summed E-state index contributed by atoms with van der Waals surface area (Å²) in [5.74, 6) is -0.801. The topological polar surface area (TPSA) is 92.8 Å². The van der Waals surface area contributed by atoms with Gasteiger partial charge in [0.05, 0.1) is 12.2 Å². The van der Waals surface area contributed by atoms with Crippen molar-refractivity contribution >= 4 is 38.9 Å². The molecule has 2 heterocycles. The SMILES string of the molecule is CCOC(=O)c1ccc(NC(=O)C2CCCCN2S(=O)(=O)c2cccs2)cc1. The maximum atomic E-state index is 12.9. The third-order valence-electron chi connectivity index (χ3n) is 4.48. The molecular weight excluding hydrogens is 400 g/mol. The number of carbonyl (C=O) groups excluding carboxylic acids is 2. The Hall–Kier alpha value is -2.23. The fourth-order valence-electron chi connectivity index (χ4n) is 3.11. The molecule has 1 N–H and O–H groups in total. The van der Waals surface area contributed by atoms with Crippen LogP contribution in [0.4, 0.5) is 5.69 Å². The van der Waals surface area contributed by atoms with Gasteiger partial charge in [-0.2, -0.15) is 4.31 Å². The summed E-state index contributed by atoms with van der Waals surface area (Å²) in [6, 6.07) is 8.81. The first-order chi connectivity index (χ1) is 13.4. The molecule has 0 aliphatic carbocycles. The number of anilines is 1. The van der Waals surface area contributed by atoms with Crippen molar-refractivity contribution in [1.29, 1.82) is 0 Å².